The van der Waals surface area contributed by atoms with E-state index in [1.54, 1.807) is 13.8 Å². The number of carbonyl (C=O) groups is 1. The van der Waals surface area contributed by atoms with Crippen LogP contribution in [0.25, 0.3) is 0 Å². The minimum atomic E-state index is -0.319. The SMILES string of the molecule is CCONC(=O)C(C)=CCO. The molecule has 4 nitrogen and oxygen atoms in total. The fourth-order valence-electron chi connectivity index (χ4n) is 0.448. The van der Waals surface area contributed by atoms with Crippen molar-refractivity contribution < 1.29 is 14.7 Å². The van der Waals surface area contributed by atoms with Gasteiger partial charge in [-0.15, -0.1) is 0 Å². The normalized spacial score (nSPS) is 11.4. The lowest BCUT2D eigenvalue weighted by molar-refractivity contribution is -0.129. The highest BCUT2D eigenvalue weighted by atomic mass is 16.6. The van der Waals surface area contributed by atoms with Gasteiger partial charge < -0.3 is 5.11 Å². The van der Waals surface area contributed by atoms with Gasteiger partial charge in [0.15, 0.2) is 0 Å². The van der Waals surface area contributed by atoms with Crippen LogP contribution < -0.4 is 5.48 Å². The summed E-state index contributed by atoms with van der Waals surface area (Å²) in [7, 11) is 0. The number of nitrogens with one attached hydrogen (secondary N) is 1. The fraction of sp³-hybridized carbons (Fsp3) is 0.571. The topological polar surface area (TPSA) is 58.6 Å². The third-order valence-electron chi connectivity index (χ3n) is 1.06. The molecule has 0 aromatic heterocycles. The number of rotatable bonds is 4. The molecule has 0 aromatic rings. The molecule has 0 bridgehead atoms. The first-order chi connectivity index (χ1) is 5.22. The molecule has 0 atom stereocenters. The first-order valence-corrected chi connectivity index (χ1v) is 3.42. The Balaban J connectivity index is 3.73. The molecule has 64 valence electrons. The van der Waals surface area contributed by atoms with Gasteiger partial charge in [0.1, 0.15) is 0 Å². The Morgan fingerprint density at radius 1 is 1.73 bits per heavy atom. The summed E-state index contributed by atoms with van der Waals surface area (Å²) >= 11 is 0. The van der Waals surface area contributed by atoms with E-state index >= 15 is 0 Å². The Bertz CT molecular complexity index is 154. The van der Waals surface area contributed by atoms with Crippen LogP contribution in [0.3, 0.4) is 0 Å². The molecule has 0 aliphatic carbocycles. The Hall–Kier alpha value is -0.870. The van der Waals surface area contributed by atoms with Crippen molar-refractivity contribution in [3.63, 3.8) is 0 Å². The summed E-state index contributed by atoms with van der Waals surface area (Å²) in [6.07, 6.45) is 1.41. The molecule has 0 aromatic carbocycles. The maximum absolute atomic E-state index is 10.9. The zero-order valence-electron chi connectivity index (χ0n) is 6.76. The molecule has 0 rings (SSSR count). The van der Waals surface area contributed by atoms with Crippen molar-refractivity contribution in [2.45, 2.75) is 13.8 Å². The van der Waals surface area contributed by atoms with Crippen LogP contribution in [0, 0.1) is 0 Å². The highest BCUT2D eigenvalue weighted by molar-refractivity contribution is 5.91. The van der Waals surface area contributed by atoms with Crippen molar-refractivity contribution in [3.8, 4) is 0 Å². The molecule has 0 radical (unpaired) electrons. The number of aliphatic hydroxyl groups excluding tert-OH is 1. The van der Waals surface area contributed by atoms with Crippen molar-refractivity contribution in [3.05, 3.63) is 11.6 Å². The zero-order chi connectivity index (χ0) is 8.69. The highest BCUT2D eigenvalue weighted by Gasteiger charge is 2.00. The van der Waals surface area contributed by atoms with Gasteiger partial charge in [0, 0.05) is 5.57 Å². The van der Waals surface area contributed by atoms with Crippen LogP contribution in [0.4, 0.5) is 0 Å². The lowest BCUT2D eigenvalue weighted by Gasteiger charge is -2.02. The van der Waals surface area contributed by atoms with E-state index in [9.17, 15) is 4.79 Å². The highest BCUT2D eigenvalue weighted by Crippen LogP contribution is 1.90. The predicted molar refractivity (Wildman–Crippen MR) is 40.6 cm³/mol. The molecule has 4 heteroatoms. The van der Waals surface area contributed by atoms with Gasteiger partial charge in [-0.05, 0) is 13.8 Å². The van der Waals surface area contributed by atoms with Crippen molar-refractivity contribution >= 4 is 5.91 Å². The number of hydrogen-bond donors (Lipinski definition) is 2. The average Bonchev–Trinajstić information content (AvgIpc) is 2.00. The van der Waals surface area contributed by atoms with E-state index < -0.39 is 0 Å². The molecule has 0 aliphatic heterocycles. The van der Waals surface area contributed by atoms with Crippen LogP contribution in [-0.2, 0) is 9.63 Å². The van der Waals surface area contributed by atoms with Gasteiger partial charge in [0.05, 0.1) is 13.2 Å². The van der Waals surface area contributed by atoms with E-state index in [4.69, 9.17) is 5.11 Å². The number of hydrogen-bond acceptors (Lipinski definition) is 3. The standard InChI is InChI=1S/C7H13NO3/c1-3-11-8-7(10)6(2)4-5-9/h4,9H,3,5H2,1-2H3,(H,8,10). The Morgan fingerprint density at radius 3 is 2.82 bits per heavy atom. The summed E-state index contributed by atoms with van der Waals surface area (Å²) in [5.41, 5.74) is 2.64. The Labute approximate surface area is 65.8 Å². The largest absolute Gasteiger partial charge is 0.392 e. The molecule has 0 unspecified atom stereocenters. The molecule has 0 aliphatic rings. The average molecular weight is 159 g/mol. The zero-order valence-corrected chi connectivity index (χ0v) is 6.76. The van der Waals surface area contributed by atoms with E-state index in [0.29, 0.717) is 12.2 Å². The van der Waals surface area contributed by atoms with Crippen molar-refractivity contribution in [1.82, 2.24) is 5.48 Å². The minimum absolute atomic E-state index is 0.134. The third kappa shape index (κ3) is 4.52. The molecule has 0 fully saturated rings. The summed E-state index contributed by atoms with van der Waals surface area (Å²) in [4.78, 5) is 15.5. The third-order valence-corrected chi connectivity index (χ3v) is 1.06. The summed E-state index contributed by atoms with van der Waals surface area (Å²) < 4.78 is 0. The minimum Gasteiger partial charge on any atom is -0.392 e. The van der Waals surface area contributed by atoms with Crippen molar-refractivity contribution in [2.75, 3.05) is 13.2 Å². The van der Waals surface area contributed by atoms with E-state index in [1.807, 2.05) is 0 Å². The number of carbonyl (C=O) groups excluding carboxylic acids is 1. The molecule has 0 spiro atoms. The summed E-state index contributed by atoms with van der Waals surface area (Å²) in [6, 6.07) is 0. The van der Waals surface area contributed by atoms with Crippen LogP contribution in [0.2, 0.25) is 0 Å². The number of amides is 1. The van der Waals surface area contributed by atoms with Crippen LogP contribution in [-0.4, -0.2) is 24.2 Å². The van der Waals surface area contributed by atoms with E-state index in [1.165, 1.54) is 6.08 Å². The van der Waals surface area contributed by atoms with Gasteiger partial charge in [-0.2, -0.15) is 0 Å². The lowest BCUT2D eigenvalue weighted by atomic mass is 10.3. The fourth-order valence-corrected chi connectivity index (χ4v) is 0.448. The van der Waals surface area contributed by atoms with Crippen LogP contribution in [0.15, 0.2) is 11.6 Å². The van der Waals surface area contributed by atoms with Gasteiger partial charge in [-0.25, -0.2) is 5.48 Å². The Kier molecular flexibility index (Phi) is 5.42. The lowest BCUT2D eigenvalue weighted by Crippen LogP contribution is -2.24. The van der Waals surface area contributed by atoms with Gasteiger partial charge in [-0.3, -0.25) is 9.63 Å². The second-order valence-corrected chi connectivity index (χ2v) is 1.93. The van der Waals surface area contributed by atoms with Gasteiger partial charge in [-0.1, -0.05) is 6.08 Å². The molecular formula is C7H13NO3. The summed E-state index contributed by atoms with van der Waals surface area (Å²) in [6.45, 7) is 3.67. The van der Waals surface area contributed by atoms with Crippen LogP contribution >= 0.6 is 0 Å². The smallest absolute Gasteiger partial charge is 0.270 e. The van der Waals surface area contributed by atoms with E-state index in [0.717, 1.165) is 0 Å². The molecule has 1 amide bonds. The second kappa shape index (κ2) is 5.88. The summed E-state index contributed by atoms with van der Waals surface area (Å²) in [5, 5.41) is 8.41. The quantitative estimate of drug-likeness (QED) is 0.448. The molecule has 11 heavy (non-hydrogen) atoms. The predicted octanol–water partition coefficient (Wildman–Crippen LogP) is -0.00730. The first kappa shape index (κ1) is 10.1. The van der Waals surface area contributed by atoms with E-state index in [2.05, 4.69) is 10.3 Å². The molecular weight excluding hydrogens is 146 g/mol. The maximum atomic E-state index is 10.9. The molecule has 0 saturated carbocycles. The number of aliphatic hydroxyl groups is 1. The van der Waals surface area contributed by atoms with Gasteiger partial charge >= 0.3 is 0 Å². The van der Waals surface area contributed by atoms with Gasteiger partial charge in [0.2, 0.25) is 0 Å². The van der Waals surface area contributed by atoms with Crippen LogP contribution in [0.5, 0.6) is 0 Å². The van der Waals surface area contributed by atoms with Crippen molar-refractivity contribution in [1.29, 1.82) is 0 Å². The molecule has 0 heterocycles. The maximum Gasteiger partial charge on any atom is 0.270 e. The van der Waals surface area contributed by atoms with Gasteiger partial charge in [0.25, 0.3) is 5.91 Å². The first-order valence-electron chi connectivity index (χ1n) is 3.42. The van der Waals surface area contributed by atoms with E-state index in [-0.39, 0.29) is 12.5 Å². The monoisotopic (exact) mass is 159 g/mol. The Morgan fingerprint density at radius 2 is 2.36 bits per heavy atom. The van der Waals surface area contributed by atoms with Crippen LogP contribution in [0.1, 0.15) is 13.8 Å². The molecule has 2 N–H and O–H groups in total. The summed E-state index contributed by atoms with van der Waals surface area (Å²) in [5.74, 6) is -0.319. The number of hydroxylamine groups is 1. The molecule has 0 saturated heterocycles. The van der Waals surface area contributed by atoms with Crippen molar-refractivity contribution in [2.24, 2.45) is 0 Å². The second-order valence-electron chi connectivity index (χ2n) is 1.93.